The quantitative estimate of drug-likeness (QED) is 0.0246. The Morgan fingerprint density at radius 1 is 0.618 bits per heavy atom. The Morgan fingerprint density at radius 3 is 1.51 bits per heavy atom. The number of aliphatic hydroxyl groups excluding tert-OH is 1. The van der Waals surface area contributed by atoms with E-state index in [2.05, 4.69) is 43.5 Å². The van der Waals surface area contributed by atoms with Crippen molar-refractivity contribution >= 4 is 13.7 Å². The Hall–Kier alpha value is -1.28. The van der Waals surface area contributed by atoms with Crippen molar-refractivity contribution < 1.29 is 32.9 Å². The van der Waals surface area contributed by atoms with Gasteiger partial charge in [0.25, 0.3) is 0 Å². The molecule has 55 heavy (non-hydrogen) atoms. The van der Waals surface area contributed by atoms with Crippen LogP contribution in [-0.2, 0) is 18.4 Å². The van der Waals surface area contributed by atoms with E-state index < -0.39 is 20.0 Å². The van der Waals surface area contributed by atoms with Gasteiger partial charge < -0.3 is 19.8 Å². The van der Waals surface area contributed by atoms with Crippen LogP contribution in [-0.4, -0.2) is 73.4 Å². The molecule has 8 nitrogen and oxygen atoms in total. The van der Waals surface area contributed by atoms with Crippen molar-refractivity contribution in [2.75, 3.05) is 40.9 Å². The lowest BCUT2D eigenvalue weighted by Gasteiger charge is -2.25. The predicted octanol–water partition coefficient (Wildman–Crippen LogP) is 12.7. The minimum atomic E-state index is -4.32. The molecule has 0 radical (unpaired) electrons. The minimum absolute atomic E-state index is 0.0611. The predicted molar refractivity (Wildman–Crippen MR) is 235 cm³/mol. The fourth-order valence-electron chi connectivity index (χ4n) is 6.42. The number of nitrogens with one attached hydrogen (secondary N) is 1. The molecule has 324 valence electrons. The molecular formula is C46H90N2O6P+. The molecule has 0 spiro atoms. The van der Waals surface area contributed by atoms with E-state index in [0.717, 1.165) is 51.4 Å². The first-order valence-electron chi connectivity index (χ1n) is 22.9. The average Bonchev–Trinajstić information content (AvgIpc) is 3.13. The summed E-state index contributed by atoms with van der Waals surface area (Å²) in [6.07, 6.45) is 46.9. The van der Waals surface area contributed by atoms with E-state index in [1.165, 1.54) is 128 Å². The summed E-state index contributed by atoms with van der Waals surface area (Å²) < 4.78 is 23.4. The molecule has 3 unspecified atom stereocenters. The highest BCUT2D eigenvalue weighted by molar-refractivity contribution is 7.47. The van der Waals surface area contributed by atoms with E-state index in [0.29, 0.717) is 17.4 Å². The van der Waals surface area contributed by atoms with Crippen LogP contribution in [0.4, 0.5) is 0 Å². The summed E-state index contributed by atoms with van der Waals surface area (Å²) >= 11 is 0. The standard InChI is InChI=1S/C46H89N2O6P/c1-6-8-10-12-14-15-16-17-18-19-20-21-22-23-24-25-26-27-28-29-30-31-32-33-34-36-38-40-46(50)47-44(45(49)39-37-35-13-11-9-7-2)43-54-55(51,52)53-42-41-48(3,4)5/h16-17,19-20,37,39,44-45,49H,6-15,18,21-36,38,40-43H2,1-5H3,(H-,47,50,51,52)/p+1/b17-16-,20-19-,39-37+. The number of hydrogen-bond donors (Lipinski definition) is 3. The highest BCUT2D eigenvalue weighted by Crippen LogP contribution is 2.43. The molecule has 9 heteroatoms. The molecule has 0 aliphatic rings. The van der Waals surface area contributed by atoms with E-state index in [1.807, 2.05) is 27.2 Å². The SMILES string of the molecule is CCCCCC/C=C/C(O)C(COP(=O)(O)OCC[N+](C)(C)C)NC(=O)CCCCCCCCCCCCCCCCC/C=C\C/C=C\CCCCCCC. The van der Waals surface area contributed by atoms with Gasteiger partial charge in [-0.05, 0) is 51.4 Å². The van der Waals surface area contributed by atoms with Gasteiger partial charge in [-0.2, -0.15) is 0 Å². The Morgan fingerprint density at radius 2 is 1.04 bits per heavy atom. The molecule has 0 aromatic carbocycles. The Labute approximate surface area is 340 Å². The molecule has 0 aliphatic heterocycles. The lowest BCUT2D eigenvalue weighted by atomic mass is 10.0. The van der Waals surface area contributed by atoms with E-state index >= 15 is 0 Å². The number of nitrogens with zero attached hydrogens (tertiary/aromatic N) is 1. The van der Waals surface area contributed by atoms with Crippen LogP contribution >= 0.6 is 7.82 Å². The number of hydrogen-bond acceptors (Lipinski definition) is 5. The lowest BCUT2D eigenvalue weighted by Crippen LogP contribution is -2.45. The molecule has 3 atom stereocenters. The third-order valence-electron chi connectivity index (χ3n) is 10.1. The van der Waals surface area contributed by atoms with Gasteiger partial charge in [-0.1, -0.05) is 179 Å². The number of likely N-dealkylation sites (N-methyl/N-ethyl adjacent to an activating group) is 1. The highest BCUT2D eigenvalue weighted by Gasteiger charge is 2.27. The summed E-state index contributed by atoms with van der Waals surface area (Å²) in [6, 6.07) is -0.841. The van der Waals surface area contributed by atoms with Gasteiger partial charge in [-0.3, -0.25) is 13.8 Å². The number of unbranched alkanes of at least 4 members (excludes halogenated alkanes) is 24. The molecule has 0 aliphatic carbocycles. The molecular weight excluding hydrogens is 707 g/mol. The maximum absolute atomic E-state index is 12.8. The zero-order valence-corrected chi connectivity index (χ0v) is 37.6. The van der Waals surface area contributed by atoms with Crippen LogP contribution in [0.3, 0.4) is 0 Å². The second-order valence-corrected chi connectivity index (χ2v) is 18.2. The summed E-state index contributed by atoms with van der Waals surface area (Å²) in [7, 11) is 1.57. The van der Waals surface area contributed by atoms with Crippen LogP contribution in [0.15, 0.2) is 36.5 Å². The van der Waals surface area contributed by atoms with Gasteiger partial charge in [-0.15, -0.1) is 0 Å². The summed E-state index contributed by atoms with van der Waals surface area (Å²) in [5.41, 5.74) is 0. The van der Waals surface area contributed by atoms with Crippen LogP contribution < -0.4 is 5.32 Å². The third kappa shape index (κ3) is 40.7. The largest absolute Gasteiger partial charge is 0.472 e. The number of rotatable bonds is 41. The average molecular weight is 798 g/mol. The maximum atomic E-state index is 12.8. The van der Waals surface area contributed by atoms with Gasteiger partial charge in [0.05, 0.1) is 39.9 Å². The van der Waals surface area contributed by atoms with Crippen LogP contribution in [0.25, 0.3) is 0 Å². The molecule has 1 amide bonds. The molecule has 0 rings (SSSR count). The summed E-state index contributed by atoms with van der Waals surface area (Å²) in [5, 5.41) is 13.7. The zero-order valence-electron chi connectivity index (χ0n) is 36.7. The molecule has 0 saturated heterocycles. The molecule has 0 aromatic heterocycles. The van der Waals surface area contributed by atoms with Gasteiger partial charge >= 0.3 is 7.82 Å². The molecule has 0 bridgehead atoms. The van der Waals surface area contributed by atoms with Crippen LogP contribution in [0.5, 0.6) is 0 Å². The maximum Gasteiger partial charge on any atom is 0.472 e. The van der Waals surface area contributed by atoms with Gasteiger partial charge in [0.1, 0.15) is 13.2 Å². The van der Waals surface area contributed by atoms with Gasteiger partial charge in [0.2, 0.25) is 5.91 Å². The Kier molecular flexibility index (Phi) is 37.4. The summed E-state index contributed by atoms with van der Waals surface area (Å²) in [6.45, 7) is 4.72. The Bertz CT molecular complexity index is 995. The van der Waals surface area contributed by atoms with E-state index in [1.54, 1.807) is 6.08 Å². The van der Waals surface area contributed by atoms with Crippen LogP contribution in [0.1, 0.15) is 200 Å². The molecule has 0 heterocycles. The Balaban J connectivity index is 3.99. The lowest BCUT2D eigenvalue weighted by molar-refractivity contribution is -0.870. The topological polar surface area (TPSA) is 105 Å². The fraction of sp³-hybridized carbons (Fsp3) is 0.848. The van der Waals surface area contributed by atoms with Crippen molar-refractivity contribution in [1.82, 2.24) is 5.32 Å². The monoisotopic (exact) mass is 798 g/mol. The number of carbonyl (C=O) groups is 1. The van der Waals surface area contributed by atoms with Crippen molar-refractivity contribution in [3.63, 3.8) is 0 Å². The minimum Gasteiger partial charge on any atom is -0.387 e. The van der Waals surface area contributed by atoms with Crippen molar-refractivity contribution in [1.29, 1.82) is 0 Å². The number of aliphatic hydroxyl groups is 1. The van der Waals surface area contributed by atoms with Crippen molar-refractivity contribution in [3.05, 3.63) is 36.5 Å². The normalized spacial score (nSPS) is 14.7. The molecule has 0 aromatic rings. The first kappa shape index (κ1) is 53.7. The van der Waals surface area contributed by atoms with Gasteiger partial charge in [0.15, 0.2) is 0 Å². The number of phosphoric ester groups is 1. The molecule has 0 fully saturated rings. The fourth-order valence-corrected chi connectivity index (χ4v) is 7.16. The smallest absolute Gasteiger partial charge is 0.387 e. The molecule has 0 saturated carbocycles. The molecule has 3 N–H and O–H groups in total. The number of carbonyl (C=O) groups excluding carboxylic acids is 1. The van der Waals surface area contributed by atoms with E-state index in [-0.39, 0.29) is 19.1 Å². The summed E-state index contributed by atoms with van der Waals surface area (Å²) in [5.74, 6) is -0.183. The van der Waals surface area contributed by atoms with Crippen LogP contribution in [0.2, 0.25) is 0 Å². The van der Waals surface area contributed by atoms with Crippen molar-refractivity contribution in [2.24, 2.45) is 0 Å². The zero-order chi connectivity index (χ0) is 40.7. The number of amides is 1. The second kappa shape index (κ2) is 38.2. The number of phosphoric acid groups is 1. The van der Waals surface area contributed by atoms with Crippen LogP contribution in [0, 0.1) is 0 Å². The number of quaternary nitrogens is 1. The van der Waals surface area contributed by atoms with Crippen molar-refractivity contribution in [2.45, 2.75) is 212 Å². The second-order valence-electron chi connectivity index (χ2n) is 16.8. The van der Waals surface area contributed by atoms with Crippen molar-refractivity contribution in [3.8, 4) is 0 Å². The highest BCUT2D eigenvalue weighted by atomic mass is 31.2. The first-order chi connectivity index (χ1) is 26.5. The number of allylic oxidation sites excluding steroid dienone is 5. The first-order valence-corrected chi connectivity index (χ1v) is 24.4. The van der Waals surface area contributed by atoms with E-state index in [9.17, 15) is 19.4 Å². The van der Waals surface area contributed by atoms with E-state index in [4.69, 9.17) is 9.05 Å². The van der Waals surface area contributed by atoms with Gasteiger partial charge in [0, 0.05) is 6.42 Å². The summed E-state index contributed by atoms with van der Waals surface area (Å²) in [4.78, 5) is 23.0. The van der Waals surface area contributed by atoms with Gasteiger partial charge in [-0.25, -0.2) is 4.57 Å². The third-order valence-corrected chi connectivity index (χ3v) is 11.1.